The average Bonchev–Trinajstić information content (AvgIpc) is 3.32. The van der Waals surface area contributed by atoms with Gasteiger partial charge in [0.2, 0.25) is 19.5 Å². The fourth-order valence-electron chi connectivity index (χ4n) is 2.84. The van der Waals surface area contributed by atoms with Gasteiger partial charge in [0.25, 0.3) is 0 Å². The Balaban J connectivity index is 1.38. The predicted octanol–water partition coefficient (Wildman–Crippen LogP) is 3.73. The maximum absolute atomic E-state index is 5.42. The summed E-state index contributed by atoms with van der Waals surface area (Å²) in [5.74, 6) is 4.06. The number of aryl methyl sites for hydroxylation is 1. The molecule has 0 aliphatic carbocycles. The third-order valence-corrected chi connectivity index (χ3v) is 4.24. The molecule has 2 aromatic carbocycles. The molecule has 0 radical (unpaired) electrons. The van der Waals surface area contributed by atoms with Gasteiger partial charge in [-0.15, -0.1) is 0 Å². The first-order chi connectivity index (χ1) is 13.2. The minimum Gasteiger partial charge on any atom is -0.454 e. The summed E-state index contributed by atoms with van der Waals surface area (Å²) < 4.78 is 21.5. The summed E-state index contributed by atoms with van der Waals surface area (Å²) in [7, 11) is 0. The molecule has 136 valence electrons. The van der Waals surface area contributed by atoms with Gasteiger partial charge in [-0.25, -0.2) is 4.98 Å². The summed E-state index contributed by atoms with van der Waals surface area (Å²) in [6, 6.07) is 11.3. The molecule has 3 aromatic rings. The summed E-state index contributed by atoms with van der Waals surface area (Å²) in [5, 5.41) is 6.48. The second-order valence-corrected chi connectivity index (χ2v) is 6.11. The van der Waals surface area contributed by atoms with Crippen LogP contribution >= 0.6 is 0 Å². The number of hydrogen-bond acceptors (Lipinski definition) is 8. The number of rotatable bonds is 4. The standard InChI is InChI=1S/C19H16N4O4/c1-11-8-20-19(22-13-3-5-15-17(7-13)27-10-25-15)23-18(11)21-12-2-4-14-16(6-12)26-9-24-14/h2-8H,9-10H2,1H3,(H2,20,21,22,23). The molecule has 8 nitrogen and oxygen atoms in total. The van der Waals surface area contributed by atoms with Crippen LogP contribution in [0.25, 0.3) is 0 Å². The SMILES string of the molecule is Cc1cnc(Nc2ccc3c(c2)OCO3)nc1Nc1ccc2c(c1)OCO2. The van der Waals surface area contributed by atoms with E-state index >= 15 is 0 Å². The van der Waals surface area contributed by atoms with E-state index in [4.69, 9.17) is 18.9 Å². The van der Waals surface area contributed by atoms with Gasteiger partial charge in [0.1, 0.15) is 5.82 Å². The van der Waals surface area contributed by atoms with E-state index in [9.17, 15) is 0 Å². The van der Waals surface area contributed by atoms with Crippen molar-refractivity contribution in [2.24, 2.45) is 0 Å². The number of nitrogens with one attached hydrogen (secondary N) is 2. The Bertz CT molecular complexity index is 1020. The fraction of sp³-hybridized carbons (Fsp3) is 0.158. The van der Waals surface area contributed by atoms with Gasteiger partial charge in [-0.05, 0) is 31.2 Å². The van der Waals surface area contributed by atoms with E-state index in [2.05, 4.69) is 20.6 Å². The van der Waals surface area contributed by atoms with Gasteiger partial charge in [-0.2, -0.15) is 4.98 Å². The molecule has 2 aliphatic rings. The molecule has 0 spiro atoms. The van der Waals surface area contributed by atoms with Crippen molar-refractivity contribution in [2.75, 3.05) is 24.2 Å². The lowest BCUT2D eigenvalue weighted by Crippen LogP contribution is -2.02. The van der Waals surface area contributed by atoms with Crippen LogP contribution in [-0.2, 0) is 0 Å². The molecule has 0 bridgehead atoms. The van der Waals surface area contributed by atoms with Gasteiger partial charge < -0.3 is 29.6 Å². The van der Waals surface area contributed by atoms with Crippen molar-refractivity contribution in [3.8, 4) is 23.0 Å². The molecule has 1 aromatic heterocycles. The zero-order valence-corrected chi connectivity index (χ0v) is 14.5. The summed E-state index contributed by atoms with van der Waals surface area (Å²) in [4.78, 5) is 8.92. The van der Waals surface area contributed by atoms with Crippen LogP contribution in [0.5, 0.6) is 23.0 Å². The molecule has 8 heteroatoms. The van der Waals surface area contributed by atoms with E-state index in [1.807, 2.05) is 43.3 Å². The Hall–Kier alpha value is -3.68. The number of ether oxygens (including phenoxy) is 4. The van der Waals surface area contributed by atoms with Crippen LogP contribution in [0.4, 0.5) is 23.1 Å². The topological polar surface area (TPSA) is 86.8 Å². The molecule has 27 heavy (non-hydrogen) atoms. The van der Waals surface area contributed by atoms with E-state index in [1.165, 1.54) is 0 Å². The summed E-state index contributed by atoms with van der Waals surface area (Å²) >= 11 is 0. The number of fused-ring (bicyclic) bond motifs is 2. The first-order valence-corrected chi connectivity index (χ1v) is 8.41. The number of aromatic nitrogens is 2. The fourth-order valence-corrected chi connectivity index (χ4v) is 2.84. The molecule has 5 rings (SSSR count). The Morgan fingerprint density at radius 2 is 1.37 bits per heavy atom. The molecule has 0 saturated heterocycles. The first-order valence-electron chi connectivity index (χ1n) is 8.41. The maximum atomic E-state index is 5.42. The van der Waals surface area contributed by atoms with Crippen molar-refractivity contribution in [2.45, 2.75) is 6.92 Å². The van der Waals surface area contributed by atoms with Crippen molar-refractivity contribution in [1.29, 1.82) is 0 Å². The number of hydrogen-bond donors (Lipinski definition) is 2. The van der Waals surface area contributed by atoms with Gasteiger partial charge in [-0.1, -0.05) is 0 Å². The molecular weight excluding hydrogens is 348 g/mol. The number of anilines is 4. The molecule has 2 N–H and O–H groups in total. The minimum absolute atomic E-state index is 0.240. The van der Waals surface area contributed by atoms with Crippen molar-refractivity contribution in [3.63, 3.8) is 0 Å². The predicted molar refractivity (Wildman–Crippen MR) is 98.5 cm³/mol. The molecule has 0 saturated carbocycles. The van der Waals surface area contributed by atoms with Crippen LogP contribution in [0.1, 0.15) is 5.56 Å². The molecule has 0 unspecified atom stereocenters. The van der Waals surface area contributed by atoms with Crippen molar-refractivity contribution in [3.05, 3.63) is 48.2 Å². The van der Waals surface area contributed by atoms with Crippen molar-refractivity contribution in [1.82, 2.24) is 9.97 Å². The lowest BCUT2D eigenvalue weighted by atomic mass is 10.2. The maximum Gasteiger partial charge on any atom is 0.231 e. The van der Waals surface area contributed by atoms with Crippen LogP contribution in [0, 0.1) is 6.92 Å². The third kappa shape index (κ3) is 3.01. The van der Waals surface area contributed by atoms with Gasteiger partial charge in [0.15, 0.2) is 23.0 Å². The minimum atomic E-state index is 0.240. The first kappa shape index (κ1) is 15.6. The van der Waals surface area contributed by atoms with Crippen LogP contribution < -0.4 is 29.6 Å². The summed E-state index contributed by atoms with van der Waals surface area (Å²) in [6.45, 7) is 2.43. The molecule has 2 aliphatic heterocycles. The van der Waals surface area contributed by atoms with E-state index in [0.717, 1.165) is 28.4 Å². The quantitative estimate of drug-likeness (QED) is 0.724. The van der Waals surface area contributed by atoms with Crippen molar-refractivity contribution < 1.29 is 18.9 Å². The lowest BCUT2D eigenvalue weighted by molar-refractivity contribution is 0.173. The summed E-state index contributed by atoms with van der Waals surface area (Å²) in [6.07, 6.45) is 1.76. The molecule has 0 fully saturated rings. The highest BCUT2D eigenvalue weighted by Crippen LogP contribution is 2.36. The normalized spacial score (nSPS) is 13.5. The zero-order chi connectivity index (χ0) is 18.2. The Morgan fingerprint density at radius 1 is 0.778 bits per heavy atom. The third-order valence-electron chi connectivity index (χ3n) is 4.24. The number of nitrogens with zero attached hydrogens (tertiary/aromatic N) is 2. The monoisotopic (exact) mass is 364 g/mol. The molecule has 0 atom stereocenters. The molecular formula is C19H16N4O4. The van der Waals surface area contributed by atoms with E-state index in [-0.39, 0.29) is 13.6 Å². The lowest BCUT2D eigenvalue weighted by Gasteiger charge is -2.11. The van der Waals surface area contributed by atoms with Gasteiger partial charge in [-0.3, -0.25) is 0 Å². The van der Waals surface area contributed by atoms with Crippen LogP contribution in [-0.4, -0.2) is 23.6 Å². The second-order valence-electron chi connectivity index (χ2n) is 6.11. The van der Waals surface area contributed by atoms with Crippen LogP contribution in [0.2, 0.25) is 0 Å². The number of benzene rings is 2. The van der Waals surface area contributed by atoms with Gasteiger partial charge in [0.05, 0.1) is 0 Å². The Kier molecular flexibility index (Phi) is 3.60. The highest BCUT2D eigenvalue weighted by molar-refractivity contribution is 5.66. The van der Waals surface area contributed by atoms with E-state index < -0.39 is 0 Å². The smallest absolute Gasteiger partial charge is 0.231 e. The van der Waals surface area contributed by atoms with Gasteiger partial charge in [0, 0.05) is 35.3 Å². The van der Waals surface area contributed by atoms with E-state index in [0.29, 0.717) is 23.3 Å². The largest absolute Gasteiger partial charge is 0.454 e. The molecule has 3 heterocycles. The highest BCUT2D eigenvalue weighted by atomic mass is 16.7. The summed E-state index contributed by atoms with van der Waals surface area (Å²) in [5.41, 5.74) is 2.59. The zero-order valence-electron chi connectivity index (χ0n) is 14.5. The Labute approximate surface area is 155 Å². The highest BCUT2D eigenvalue weighted by Gasteiger charge is 2.15. The molecule has 0 amide bonds. The van der Waals surface area contributed by atoms with Crippen molar-refractivity contribution >= 4 is 23.1 Å². The van der Waals surface area contributed by atoms with Crippen LogP contribution in [0.3, 0.4) is 0 Å². The average molecular weight is 364 g/mol. The van der Waals surface area contributed by atoms with Crippen LogP contribution in [0.15, 0.2) is 42.6 Å². The van der Waals surface area contributed by atoms with E-state index in [1.54, 1.807) is 6.20 Å². The second kappa shape index (κ2) is 6.24. The Morgan fingerprint density at radius 3 is 2.04 bits per heavy atom. The van der Waals surface area contributed by atoms with Gasteiger partial charge >= 0.3 is 0 Å².